The molecule has 0 spiro atoms. The molecule has 158 valence electrons. The van der Waals surface area contributed by atoms with Gasteiger partial charge in [0.05, 0.1) is 35.0 Å². The van der Waals surface area contributed by atoms with Gasteiger partial charge in [-0.3, -0.25) is 9.69 Å². The summed E-state index contributed by atoms with van der Waals surface area (Å²) in [5.74, 6) is -0.0702. The Balaban J connectivity index is 1.85. The Hall–Kier alpha value is -3.08. The van der Waals surface area contributed by atoms with E-state index in [1.165, 1.54) is 37.4 Å². The standard InChI is InChI=1S/C20H22N4O5S/c1-12(13-4-7-15(8-5-13)30(21,27)28)24(2)11-18-22-17-10-14(20(26)29-3)6-9-16(17)19(25)23-18/h4-10,12H,11H2,1-3H3,(H2,21,27,28)(H,22,23,25)/t12-/m0/s1. The number of carbonyl (C=O) groups is 1. The molecular formula is C20H22N4O5S. The van der Waals surface area contributed by atoms with Crippen molar-refractivity contribution in [3.8, 4) is 0 Å². The van der Waals surface area contributed by atoms with E-state index in [-0.39, 0.29) is 16.5 Å². The number of esters is 1. The lowest BCUT2D eigenvalue weighted by molar-refractivity contribution is 0.0601. The Morgan fingerprint density at radius 2 is 1.90 bits per heavy atom. The molecule has 0 fully saturated rings. The molecule has 2 aromatic carbocycles. The number of aromatic amines is 1. The van der Waals surface area contributed by atoms with Crippen LogP contribution in [-0.4, -0.2) is 43.4 Å². The molecule has 30 heavy (non-hydrogen) atoms. The normalized spacial score (nSPS) is 12.8. The number of nitrogens with two attached hydrogens (primary N) is 1. The summed E-state index contributed by atoms with van der Waals surface area (Å²) in [5, 5.41) is 5.51. The van der Waals surface area contributed by atoms with Crippen LogP contribution >= 0.6 is 0 Å². The number of rotatable bonds is 6. The van der Waals surface area contributed by atoms with Gasteiger partial charge in [-0.15, -0.1) is 0 Å². The van der Waals surface area contributed by atoms with E-state index in [0.717, 1.165) is 5.56 Å². The predicted molar refractivity (Wildman–Crippen MR) is 111 cm³/mol. The van der Waals surface area contributed by atoms with Crippen LogP contribution in [0.1, 0.15) is 34.7 Å². The summed E-state index contributed by atoms with van der Waals surface area (Å²) in [4.78, 5) is 33.4. The van der Waals surface area contributed by atoms with Gasteiger partial charge in [0.15, 0.2) is 0 Å². The van der Waals surface area contributed by atoms with E-state index in [1.54, 1.807) is 12.1 Å². The highest BCUT2D eigenvalue weighted by atomic mass is 32.2. The number of H-pyrrole nitrogens is 1. The first-order valence-electron chi connectivity index (χ1n) is 9.04. The van der Waals surface area contributed by atoms with Crippen LogP contribution < -0.4 is 10.7 Å². The first-order chi connectivity index (χ1) is 14.1. The summed E-state index contributed by atoms with van der Waals surface area (Å²) in [5.41, 5.74) is 1.28. The van der Waals surface area contributed by atoms with Crippen molar-refractivity contribution in [1.82, 2.24) is 14.9 Å². The van der Waals surface area contributed by atoms with E-state index in [9.17, 15) is 18.0 Å². The molecule has 0 saturated heterocycles. The highest BCUT2D eigenvalue weighted by Crippen LogP contribution is 2.22. The minimum atomic E-state index is -3.75. The van der Waals surface area contributed by atoms with Gasteiger partial charge < -0.3 is 9.72 Å². The molecule has 3 N–H and O–H groups in total. The summed E-state index contributed by atoms with van der Waals surface area (Å²) < 4.78 is 27.5. The van der Waals surface area contributed by atoms with E-state index in [0.29, 0.717) is 28.8 Å². The highest BCUT2D eigenvalue weighted by Gasteiger charge is 2.16. The average Bonchev–Trinajstić information content (AvgIpc) is 2.71. The molecule has 0 radical (unpaired) electrons. The Morgan fingerprint density at radius 3 is 2.50 bits per heavy atom. The van der Waals surface area contributed by atoms with Gasteiger partial charge >= 0.3 is 5.97 Å². The van der Waals surface area contributed by atoms with Gasteiger partial charge in [-0.1, -0.05) is 12.1 Å². The van der Waals surface area contributed by atoms with Crippen molar-refractivity contribution < 1.29 is 17.9 Å². The maximum Gasteiger partial charge on any atom is 0.337 e. The molecule has 1 heterocycles. The maximum atomic E-state index is 12.4. The molecular weight excluding hydrogens is 408 g/mol. The van der Waals surface area contributed by atoms with Crippen molar-refractivity contribution >= 4 is 26.9 Å². The van der Waals surface area contributed by atoms with Gasteiger partial charge in [0, 0.05) is 6.04 Å². The number of nitrogens with zero attached hydrogens (tertiary/aromatic N) is 2. The summed E-state index contributed by atoms with van der Waals surface area (Å²) in [6.07, 6.45) is 0. The second-order valence-corrected chi connectivity index (χ2v) is 8.50. The lowest BCUT2D eigenvalue weighted by Crippen LogP contribution is -2.25. The minimum Gasteiger partial charge on any atom is -0.465 e. The first-order valence-corrected chi connectivity index (χ1v) is 10.6. The quantitative estimate of drug-likeness (QED) is 0.566. The van der Waals surface area contributed by atoms with Crippen LogP contribution in [0.5, 0.6) is 0 Å². The monoisotopic (exact) mass is 430 g/mol. The van der Waals surface area contributed by atoms with Gasteiger partial charge in [0.25, 0.3) is 5.56 Å². The van der Waals surface area contributed by atoms with E-state index in [2.05, 4.69) is 9.97 Å². The SMILES string of the molecule is COC(=O)c1ccc2c(=O)[nH]c(CN(C)[C@@H](C)c3ccc(S(N)(=O)=O)cc3)nc2c1. The number of ether oxygens (including phenoxy) is 1. The smallest absolute Gasteiger partial charge is 0.337 e. The van der Waals surface area contributed by atoms with Gasteiger partial charge in [-0.05, 0) is 49.9 Å². The number of benzene rings is 2. The number of methoxy groups -OCH3 is 1. The Bertz CT molecular complexity index is 1250. The number of primary sulfonamides is 1. The second-order valence-electron chi connectivity index (χ2n) is 6.94. The number of fused-ring (bicyclic) bond motifs is 1. The van der Waals surface area contributed by atoms with E-state index in [4.69, 9.17) is 9.88 Å². The van der Waals surface area contributed by atoms with Crippen LogP contribution in [-0.2, 0) is 21.3 Å². The molecule has 0 aliphatic heterocycles. The molecule has 0 aliphatic rings. The zero-order valence-corrected chi connectivity index (χ0v) is 17.6. The molecule has 9 nitrogen and oxygen atoms in total. The molecule has 0 unspecified atom stereocenters. The number of aromatic nitrogens is 2. The van der Waals surface area contributed by atoms with Crippen LogP contribution in [0, 0.1) is 0 Å². The van der Waals surface area contributed by atoms with Crippen LogP contribution in [0.25, 0.3) is 10.9 Å². The minimum absolute atomic E-state index is 0.0445. The zero-order valence-electron chi connectivity index (χ0n) is 16.7. The van der Waals surface area contributed by atoms with Crippen molar-refractivity contribution in [2.24, 2.45) is 5.14 Å². The van der Waals surface area contributed by atoms with Crippen molar-refractivity contribution in [3.05, 3.63) is 69.8 Å². The van der Waals surface area contributed by atoms with E-state index >= 15 is 0 Å². The fraction of sp³-hybridized carbons (Fsp3) is 0.250. The summed E-state index contributed by atoms with van der Waals surface area (Å²) in [7, 11) is -0.606. The third kappa shape index (κ3) is 4.56. The molecule has 0 amide bonds. The van der Waals surface area contributed by atoms with Crippen LogP contribution in [0.3, 0.4) is 0 Å². The lowest BCUT2D eigenvalue weighted by atomic mass is 10.1. The molecule has 1 aromatic heterocycles. The van der Waals surface area contributed by atoms with Crippen LogP contribution in [0.15, 0.2) is 52.2 Å². The number of carbonyl (C=O) groups excluding carboxylic acids is 1. The summed E-state index contributed by atoms with van der Waals surface area (Å²) in [6.45, 7) is 2.27. The lowest BCUT2D eigenvalue weighted by Gasteiger charge is -2.24. The molecule has 1 atom stereocenters. The third-order valence-corrected chi connectivity index (χ3v) is 5.86. The van der Waals surface area contributed by atoms with E-state index in [1.807, 2.05) is 18.9 Å². The molecule has 10 heteroatoms. The maximum absolute atomic E-state index is 12.4. The van der Waals surface area contributed by atoms with Crippen LogP contribution in [0.2, 0.25) is 0 Å². The summed E-state index contributed by atoms with van der Waals surface area (Å²) >= 11 is 0. The Morgan fingerprint density at radius 1 is 1.23 bits per heavy atom. The van der Waals surface area contributed by atoms with Gasteiger partial charge in [0.1, 0.15) is 5.82 Å². The van der Waals surface area contributed by atoms with Crippen molar-refractivity contribution in [1.29, 1.82) is 0 Å². The fourth-order valence-corrected chi connectivity index (χ4v) is 3.59. The molecule has 0 bridgehead atoms. The number of hydrogen-bond acceptors (Lipinski definition) is 7. The molecule has 3 rings (SSSR count). The third-order valence-electron chi connectivity index (χ3n) is 4.93. The first kappa shape index (κ1) is 21.6. The number of nitrogens with one attached hydrogen (secondary N) is 1. The summed E-state index contributed by atoms with van der Waals surface area (Å²) in [6, 6.07) is 10.8. The van der Waals surface area contributed by atoms with Gasteiger partial charge in [0.2, 0.25) is 10.0 Å². The number of sulfonamides is 1. The van der Waals surface area contributed by atoms with Crippen molar-refractivity contribution in [3.63, 3.8) is 0 Å². The molecule has 0 aliphatic carbocycles. The highest BCUT2D eigenvalue weighted by molar-refractivity contribution is 7.89. The largest absolute Gasteiger partial charge is 0.465 e. The second kappa shape index (κ2) is 8.34. The van der Waals surface area contributed by atoms with Gasteiger partial charge in [-0.25, -0.2) is 23.3 Å². The van der Waals surface area contributed by atoms with Gasteiger partial charge in [-0.2, -0.15) is 0 Å². The predicted octanol–water partition coefficient (Wildman–Crippen LogP) is 1.55. The van der Waals surface area contributed by atoms with Crippen molar-refractivity contribution in [2.75, 3.05) is 14.2 Å². The fourth-order valence-electron chi connectivity index (χ4n) is 3.07. The topological polar surface area (TPSA) is 135 Å². The Labute approximate surface area is 173 Å². The Kier molecular flexibility index (Phi) is 6.01. The van der Waals surface area contributed by atoms with Crippen LogP contribution in [0.4, 0.5) is 0 Å². The average molecular weight is 430 g/mol. The van der Waals surface area contributed by atoms with E-state index < -0.39 is 16.0 Å². The number of hydrogen-bond donors (Lipinski definition) is 2. The van der Waals surface area contributed by atoms with Crippen molar-refractivity contribution in [2.45, 2.75) is 24.4 Å². The molecule has 3 aromatic rings. The molecule has 0 saturated carbocycles. The zero-order chi connectivity index (χ0) is 22.1.